The van der Waals surface area contributed by atoms with Gasteiger partial charge in [0.2, 0.25) is 0 Å². The summed E-state index contributed by atoms with van der Waals surface area (Å²) in [5, 5.41) is 0. The summed E-state index contributed by atoms with van der Waals surface area (Å²) in [5.41, 5.74) is 8.73. The predicted molar refractivity (Wildman–Crippen MR) is 46.4 cm³/mol. The zero-order valence-electron chi connectivity index (χ0n) is 6.75. The van der Waals surface area contributed by atoms with Crippen molar-refractivity contribution in [3.63, 3.8) is 0 Å². The Morgan fingerprint density at radius 1 is 1.27 bits per heavy atom. The molecule has 2 rings (SSSR count). The van der Waals surface area contributed by atoms with Gasteiger partial charge in [-0.25, -0.2) is 0 Å². The van der Waals surface area contributed by atoms with Crippen LogP contribution in [0.1, 0.15) is 36.4 Å². The van der Waals surface area contributed by atoms with Gasteiger partial charge >= 0.3 is 0 Å². The summed E-state index contributed by atoms with van der Waals surface area (Å²) in [4.78, 5) is 0. The first kappa shape index (κ1) is 6.86. The van der Waals surface area contributed by atoms with E-state index in [1.807, 2.05) is 0 Å². The van der Waals surface area contributed by atoms with Gasteiger partial charge in [-0.1, -0.05) is 31.2 Å². The predicted octanol–water partition coefficient (Wildman–Crippen LogP) is 2.19. The number of rotatable bonds is 0. The van der Waals surface area contributed by atoms with Crippen LogP contribution in [0.5, 0.6) is 0 Å². The first-order chi connectivity index (χ1) is 5.29. The molecule has 1 aliphatic carbocycles. The van der Waals surface area contributed by atoms with Crippen LogP contribution in [-0.2, 0) is 0 Å². The van der Waals surface area contributed by atoms with Crippen LogP contribution in [0, 0.1) is 0 Å². The first-order valence-electron chi connectivity index (χ1n) is 4.13. The fraction of sp³-hybridized carbons (Fsp3) is 0.400. The molecule has 0 saturated carbocycles. The molecule has 1 heteroatoms. The average Bonchev–Trinajstić information content (AvgIpc) is 2.30. The van der Waals surface area contributed by atoms with Gasteiger partial charge in [0.25, 0.3) is 0 Å². The summed E-state index contributed by atoms with van der Waals surface area (Å²) in [6, 6.07) is 8.77. The van der Waals surface area contributed by atoms with Crippen molar-refractivity contribution in [1.29, 1.82) is 0 Å². The van der Waals surface area contributed by atoms with Gasteiger partial charge in [-0.2, -0.15) is 0 Å². The number of nitrogens with two attached hydrogens (primary N) is 1. The Bertz CT molecular complexity index is 240. The lowest BCUT2D eigenvalue weighted by atomic mass is 10.0. The molecule has 58 valence electrons. The molecule has 2 N–H and O–H groups in total. The van der Waals surface area contributed by atoms with E-state index in [0.29, 0.717) is 5.92 Å². The van der Waals surface area contributed by atoms with Gasteiger partial charge in [0.05, 0.1) is 0 Å². The maximum atomic E-state index is 5.94. The molecule has 0 unspecified atom stereocenters. The van der Waals surface area contributed by atoms with Crippen LogP contribution in [0.2, 0.25) is 0 Å². The summed E-state index contributed by atoms with van der Waals surface area (Å²) in [7, 11) is 0. The van der Waals surface area contributed by atoms with Gasteiger partial charge in [-0.05, 0) is 23.5 Å². The van der Waals surface area contributed by atoms with Crippen molar-refractivity contribution in [3.8, 4) is 0 Å². The van der Waals surface area contributed by atoms with E-state index in [0.717, 1.165) is 6.42 Å². The number of fused-ring (bicyclic) bond motifs is 1. The highest BCUT2D eigenvalue weighted by Crippen LogP contribution is 2.37. The molecule has 2 atom stereocenters. The van der Waals surface area contributed by atoms with E-state index in [2.05, 4.69) is 31.2 Å². The van der Waals surface area contributed by atoms with Crippen LogP contribution in [0.15, 0.2) is 24.3 Å². The van der Waals surface area contributed by atoms with E-state index in [1.165, 1.54) is 11.1 Å². The van der Waals surface area contributed by atoms with Gasteiger partial charge in [-0.15, -0.1) is 0 Å². The summed E-state index contributed by atoms with van der Waals surface area (Å²) < 4.78 is 0. The quantitative estimate of drug-likeness (QED) is 0.598. The van der Waals surface area contributed by atoms with Crippen LogP contribution >= 0.6 is 0 Å². The molecule has 1 aromatic carbocycles. The van der Waals surface area contributed by atoms with E-state index in [4.69, 9.17) is 5.73 Å². The molecule has 11 heavy (non-hydrogen) atoms. The lowest BCUT2D eigenvalue weighted by Gasteiger charge is -2.02. The standard InChI is InChI=1S/C10H13N/c1-7-6-10(11)9-5-3-2-4-8(7)9/h2-5,7,10H,6,11H2,1H3/t7-,10+/m0/s1. The molecular formula is C10H13N. The lowest BCUT2D eigenvalue weighted by Crippen LogP contribution is -2.04. The van der Waals surface area contributed by atoms with E-state index in [9.17, 15) is 0 Å². The molecule has 0 saturated heterocycles. The molecule has 0 radical (unpaired) electrons. The fourth-order valence-electron chi connectivity index (χ4n) is 1.93. The van der Waals surface area contributed by atoms with Crippen LogP contribution in [0.25, 0.3) is 0 Å². The third kappa shape index (κ3) is 0.962. The molecule has 0 heterocycles. The molecular weight excluding hydrogens is 134 g/mol. The molecule has 0 amide bonds. The van der Waals surface area contributed by atoms with Crippen LogP contribution in [0.3, 0.4) is 0 Å². The van der Waals surface area contributed by atoms with Crippen molar-refractivity contribution in [3.05, 3.63) is 35.4 Å². The zero-order chi connectivity index (χ0) is 7.84. The van der Waals surface area contributed by atoms with Crippen molar-refractivity contribution < 1.29 is 0 Å². The summed E-state index contributed by atoms with van der Waals surface area (Å²) in [6.45, 7) is 2.24. The van der Waals surface area contributed by atoms with Crippen molar-refractivity contribution in [2.45, 2.75) is 25.3 Å². The summed E-state index contributed by atoms with van der Waals surface area (Å²) in [5.74, 6) is 0.654. The molecule has 0 aromatic heterocycles. The lowest BCUT2D eigenvalue weighted by molar-refractivity contribution is 0.640. The highest BCUT2D eigenvalue weighted by atomic mass is 14.7. The normalized spacial score (nSPS) is 28.5. The topological polar surface area (TPSA) is 26.0 Å². The maximum Gasteiger partial charge on any atom is 0.0303 e. The highest BCUT2D eigenvalue weighted by molar-refractivity contribution is 5.37. The molecule has 1 aromatic rings. The Morgan fingerprint density at radius 2 is 1.91 bits per heavy atom. The van der Waals surface area contributed by atoms with Gasteiger partial charge in [0, 0.05) is 6.04 Å². The second-order valence-electron chi connectivity index (χ2n) is 3.37. The third-order valence-electron chi connectivity index (χ3n) is 2.53. The van der Waals surface area contributed by atoms with Crippen LogP contribution in [0.4, 0.5) is 0 Å². The fourth-order valence-corrected chi connectivity index (χ4v) is 1.93. The Morgan fingerprint density at radius 3 is 2.55 bits per heavy atom. The SMILES string of the molecule is C[C@H]1C[C@@H](N)c2ccccc21. The second kappa shape index (κ2) is 2.35. The average molecular weight is 147 g/mol. The summed E-state index contributed by atoms with van der Waals surface area (Å²) in [6.07, 6.45) is 1.11. The van der Waals surface area contributed by atoms with Crippen molar-refractivity contribution >= 4 is 0 Å². The van der Waals surface area contributed by atoms with E-state index >= 15 is 0 Å². The maximum absolute atomic E-state index is 5.94. The molecule has 0 bridgehead atoms. The van der Waals surface area contributed by atoms with Crippen molar-refractivity contribution in [1.82, 2.24) is 0 Å². The van der Waals surface area contributed by atoms with Crippen molar-refractivity contribution in [2.75, 3.05) is 0 Å². The minimum absolute atomic E-state index is 0.279. The smallest absolute Gasteiger partial charge is 0.0303 e. The molecule has 0 aliphatic heterocycles. The van der Waals surface area contributed by atoms with E-state index in [-0.39, 0.29) is 6.04 Å². The second-order valence-corrected chi connectivity index (χ2v) is 3.37. The van der Waals surface area contributed by atoms with Crippen LogP contribution in [-0.4, -0.2) is 0 Å². The first-order valence-corrected chi connectivity index (χ1v) is 4.13. The molecule has 0 spiro atoms. The highest BCUT2D eigenvalue weighted by Gasteiger charge is 2.24. The van der Waals surface area contributed by atoms with Crippen LogP contribution < -0.4 is 5.73 Å². The number of hydrogen-bond acceptors (Lipinski definition) is 1. The molecule has 0 fully saturated rings. The molecule has 1 nitrogen and oxygen atoms in total. The van der Waals surface area contributed by atoms with Gasteiger partial charge in [0.15, 0.2) is 0 Å². The summed E-state index contributed by atoms with van der Waals surface area (Å²) >= 11 is 0. The number of hydrogen-bond donors (Lipinski definition) is 1. The van der Waals surface area contributed by atoms with Crippen molar-refractivity contribution in [2.24, 2.45) is 5.73 Å². The largest absolute Gasteiger partial charge is 0.324 e. The van der Waals surface area contributed by atoms with E-state index < -0.39 is 0 Å². The van der Waals surface area contributed by atoms with Gasteiger partial charge in [-0.3, -0.25) is 0 Å². The van der Waals surface area contributed by atoms with E-state index in [1.54, 1.807) is 0 Å². The Balaban J connectivity index is 2.52. The Kier molecular flexibility index (Phi) is 1.46. The minimum Gasteiger partial charge on any atom is -0.324 e. The van der Waals surface area contributed by atoms with Gasteiger partial charge in [0.1, 0.15) is 0 Å². The Hall–Kier alpha value is -0.820. The monoisotopic (exact) mass is 147 g/mol. The zero-order valence-corrected chi connectivity index (χ0v) is 6.75. The van der Waals surface area contributed by atoms with Gasteiger partial charge < -0.3 is 5.73 Å². The minimum atomic E-state index is 0.279. The Labute approximate surface area is 67.2 Å². The third-order valence-corrected chi connectivity index (χ3v) is 2.53. The molecule has 1 aliphatic rings. The number of benzene rings is 1.